The minimum Gasteiger partial charge on any atom is -0.365 e. The molecule has 2 rings (SSSR count). The topological polar surface area (TPSA) is 58.4 Å². The molecule has 1 atom stereocenters. The van der Waals surface area contributed by atoms with Gasteiger partial charge in [0.1, 0.15) is 11.5 Å². The van der Waals surface area contributed by atoms with Crippen LogP contribution in [0.15, 0.2) is 12.1 Å². The lowest BCUT2D eigenvalue weighted by Crippen LogP contribution is -2.44. The zero-order valence-electron chi connectivity index (χ0n) is 10.5. The number of hydrogen-bond acceptors (Lipinski definition) is 4. The van der Waals surface area contributed by atoms with Gasteiger partial charge in [-0.2, -0.15) is 4.39 Å². The number of nitro groups is 1. The number of nitrogens with one attached hydrogen (secondary N) is 1. The van der Waals surface area contributed by atoms with E-state index in [1.54, 1.807) is 11.9 Å². The largest absolute Gasteiger partial charge is 0.365 e. The first-order valence-electron chi connectivity index (χ1n) is 6.07. The molecule has 0 aliphatic carbocycles. The highest BCUT2D eigenvalue weighted by atomic mass is 19.1. The second kappa shape index (κ2) is 5.48. The normalized spacial score (nSPS) is 19.2. The molecular weight excluding hydrogens is 256 g/mol. The Morgan fingerprint density at radius 1 is 1.47 bits per heavy atom. The molecule has 1 N–H and O–H groups in total. The van der Waals surface area contributed by atoms with Crippen LogP contribution in [0, 0.1) is 21.7 Å². The molecule has 19 heavy (non-hydrogen) atoms. The van der Waals surface area contributed by atoms with Crippen LogP contribution in [0.3, 0.4) is 0 Å². The average molecular weight is 271 g/mol. The summed E-state index contributed by atoms with van der Waals surface area (Å²) in [5, 5.41) is 14.1. The van der Waals surface area contributed by atoms with Crippen molar-refractivity contribution in [3.05, 3.63) is 33.9 Å². The Morgan fingerprint density at radius 3 is 2.79 bits per heavy atom. The number of benzene rings is 1. The molecule has 5 nitrogen and oxygen atoms in total. The van der Waals surface area contributed by atoms with Crippen LogP contribution >= 0.6 is 0 Å². The van der Waals surface area contributed by atoms with Gasteiger partial charge in [0.05, 0.1) is 4.92 Å². The van der Waals surface area contributed by atoms with Crippen LogP contribution in [0.25, 0.3) is 0 Å². The van der Waals surface area contributed by atoms with E-state index in [4.69, 9.17) is 0 Å². The fourth-order valence-corrected chi connectivity index (χ4v) is 2.36. The maximum atomic E-state index is 13.6. The molecule has 1 heterocycles. The summed E-state index contributed by atoms with van der Waals surface area (Å²) in [6.07, 6.45) is 1.76. The molecule has 1 fully saturated rings. The number of nitro benzene ring substituents is 1. The molecular formula is C12H15F2N3O2. The van der Waals surface area contributed by atoms with Crippen LogP contribution in [-0.4, -0.2) is 31.1 Å². The van der Waals surface area contributed by atoms with E-state index in [1.165, 1.54) is 0 Å². The van der Waals surface area contributed by atoms with E-state index >= 15 is 0 Å². The van der Waals surface area contributed by atoms with Crippen LogP contribution in [-0.2, 0) is 0 Å². The SMILES string of the molecule is CN(c1cc(F)cc(F)c1[N+](=O)[O-])C1CCCNC1. The maximum absolute atomic E-state index is 13.6. The van der Waals surface area contributed by atoms with Crippen molar-refractivity contribution in [2.45, 2.75) is 18.9 Å². The van der Waals surface area contributed by atoms with Crippen molar-refractivity contribution in [1.82, 2.24) is 5.32 Å². The van der Waals surface area contributed by atoms with Crippen LogP contribution in [0.1, 0.15) is 12.8 Å². The number of anilines is 1. The Kier molecular flexibility index (Phi) is 3.94. The van der Waals surface area contributed by atoms with E-state index in [9.17, 15) is 18.9 Å². The molecule has 0 spiro atoms. The second-order valence-electron chi connectivity index (χ2n) is 4.62. The highest BCUT2D eigenvalue weighted by Crippen LogP contribution is 2.33. The molecule has 1 saturated heterocycles. The lowest BCUT2D eigenvalue weighted by Gasteiger charge is -2.33. The third kappa shape index (κ3) is 2.81. The number of likely N-dealkylation sites (N-methyl/N-ethyl adjacent to an activating group) is 1. The Bertz CT molecular complexity index is 490. The molecule has 0 aromatic heterocycles. The highest BCUT2D eigenvalue weighted by molar-refractivity contribution is 5.64. The van der Waals surface area contributed by atoms with Gasteiger partial charge in [-0.3, -0.25) is 10.1 Å². The van der Waals surface area contributed by atoms with Gasteiger partial charge in [0.15, 0.2) is 0 Å². The third-order valence-electron chi connectivity index (χ3n) is 3.39. The van der Waals surface area contributed by atoms with Gasteiger partial charge < -0.3 is 10.2 Å². The zero-order valence-corrected chi connectivity index (χ0v) is 10.5. The summed E-state index contributed by atoms with van der Waals surface area (Å²) < 4.78 is 26.9. The smallest absolute Gasteiger partial charge is 0.328 e. The lowest BCUT2D eigenvalue weighted by atomic mass is 10.1. The van der Waals surface area contributed by atoms with Gasteiger partial charge in [0.2, 0.25) is 5.82 Å². The zero-order chi connectivity index (χ0) is 14.0. The first-order valence-corrected chi connectivity index (χ1v) is 6.07. The number of halogens is 2. The van der Waals surface area contributed by atoms with E-state index in [-0.39, 0.29) is 11.7 Å². The van der Waals surface area contributed by atoms with Crippen LogP contribution in [0.4, 0.5) is 20.2 Å². The fraction of sp³-hybridized carbons (Fsp3) is 0.500. The monoisotopic (exact) mass is 271 g/mol. The lowest BCUT2D eigenvalue weighted by molar-refractivity contribution is -0.386. The van der Waals surface area contributed by atoms with Gasteiger partial charge >= 0.3 is 5.69 Å². The van der Waals surface area contributed by atoms with Gasteiger partial charge in [-0.25, -0.2) is 4.39 Å². The van der Waals surface area contributed by atoms with Crippen molar-refractivity contribution in [2.24, 2.45) is 0 Å². The average Bonchev–Trinajstić information content (AvgIpc) is 2.37. The summed E-state index contributed by atoms with van der Waals surface area (Å²) in [6.45, 7) is 1.54. The van der Waals surface area contributed by atoms with Gasteiger partial charge in [-0.1, -0.05) is 0 Å². The Hall–Kier alpha value is -1.76. The standard InChI is InChI=1S/C12H15F2N3O2/c1-16(9-3-2-4-15-7-9)11-6-8(13)5-10(14)12(11)17(18)19/h5-6,9,15H,2-4,7H2,1H3. The molecule has 7 heteroatoms. The van der Waals surface area contributed by atoms with E-state index in [2.05, 4.69) is 5.32 Å². The van der Waals surface area contributed by atoms with E-state index < -0.39 is 22.2 Å². The van der Waals surface area contributed by atoms with Crippen molar-refractivity contribution in [3.8, 4) is 0 Å². The molecule has 1 aliphatic rings. The Morgan fingerprint density at radius 2 is 2.21 bits per heavy atom. The molecule has 1 aliphatic heterocycles. The minimum atomic E-state index is -1.14. The molecule has 1 aromatic carbocycles. The van der Waals surface area contributed by atoms with Crippen LogP contribution < -0.4 is 10.2 Å². The summed E-state index contributed by atoms with van der Waals surface area (Å²) in [5.41, 5.74) is -0.689. The number of hydrogen-bond donors (Lipinski definition) is 1. The quantitative estimate of drug-likeness (QED) is 0.675. The summed E-state index contributed by atoms with van der Waals surface area (Å²) >= 11 is 0. The summed E-state index contributed by atoms with van der Waals surface area (Å²) in [7, 11) is 1.62. The predicted octanol–water partition coefficient (Wildman–Crippen LogP) is 2.06. The van der Waals surface area contributed by atoms with E-state index in [0.29, 0.717) is 12.6 Å². The molecule has 0 radical (unpaired) electrons. The van der Waals surface area contributed by atoms with Crippen LogP contribution in [0.2, 0.25) is 0 Å². The summed E-state index contributed by atoms with van der Waals surface area (Å²) in [4.78, 5) is 11.7. The van der Waals surface area contributed by atoms with Gasteiger partial charge in [-0.15, -0.1) is 0 Å². The summed E-state index contributed by atoms with van der Waals surface area (Å²) in [6, 6.07) is 1.54. The van der Waals surface area contributed by atoms with Crippen molar-refractivity contribution in [3.63, 3.8) is 0 Å². The van der Waals surface area contributed by atoms with Crippen molar-refractivity contribution in [1.29, 1.82) is 0 Å². The first kappa shape index (κ1) is 13.7. The Labute approximate surface area is 109 Å². The molecule has 0 saturated carbocycles. The molecule has 1 aromatic rings. The van der Waals surface area contributed by atoms with E-state index in [0.717, 1.165) is 25.5 Å². The van der Waals surface area contributed by atoms with Gasteiger partial charge in [0.25, 0.3) is 0 Å². The second-order valence-corrected chi connectivity index (χ2v) is 4.62. The first-order chi connectivity index (χ1) is 9.00. The van der Waals surface area contributed by atoms with Gasteiger partial charge in [0, 0.05) is 31.8 Å². The van der Waals surface area contributed by atoms with Crippen LogP contribution in [0.5, 0.6) is 0 Å². The Balaban J connectivity index is 2.39. The number of piperidine rings is 1. The number of nitrogens with zero attached hydrogens (tertiary/aromatic N) is 2. The van der Waals surface area contributed by atoms with Crippen molar-refractivity contribution < 1.29 is 13.7 Å². The highest BCUT2D eigenvalue weighted by Gasteiger charge is 2.28. The van der Waals surface area contributed by atoms with Gasteiger partial charge in [-0.05, 0) is 19.4 Å². The molecule has 104 valence electrons. The van der Waals surface area contributed by atoms with Crippen molar-refractivity contribution >= 4 is 11.4 Å². The molecule has 0 bridgehead atoms. The minimum absolute atomic E-state index is 0.00588. The molecule has 0 amide bonds. The molecule has 1 unspecified atom stereocenters. The fourth-order valence-electron chi connectivity index (χ4n) is 2.36. The number of rotatable bonds is 3. The predicted molar refractivity (Wildman–Crippen MR) is 67.3 cm³/mol. The summed E-state index contributed by atoms with van der Waals surface area (Å²) in [5.74, 6) is -1.95. The third-order valence-corrected chi connectivity index (χ3v) is 3.39. The van der Waals surface area contributed by atoms with E-state index in [1.807, 2.05) is 0 Å². The van der Waals surface area contributed by atoms with Crippen molar-refractivity contribution in [2.75, 3.05) is 25.0 Å². The maximum Gasteiger partial charge on any atom is 0.328 e.